The van der Waals surface area contributed by atoms with Crippen molar-refractivity contribution >= 4 is 17.5 Å². The zero-order valence-electron chi connectivity index (χ0n) is 25.7. The monoisotopic (exact) mass is 605 g/mol. The number of piperidine rings is 2. The Morgan fingerprint density at radius 1 is 1.05 bits per heavy atom. The van der Waals surface area contributed by atoms with E-state index in [2.05, 4.69) is 38.3 Å². The van der Waals surface area contributed by atoms with Crippen molar-refractivity contribution in [1.82, 2.24) is 26.2 Å². The molecule has 0 aromatic heterocycles. The van der Waals surface area contributed by atoms with Crippen LogP contribution in [0.25, 0.3) is 0 Å². The Labute approximate surface area is 257 Å². The molecule has 1 amide bonds. The average Bonchev–Trinajstić information content (AvgIpc) is 2.97. The van der Waals surface area contributed by atoms with Gasteiger partial charge in [-0.05, 0) is 91.4 Å². The van der Waals surface area contributed by atoms with Gasteiger partial charge in [-0.1, -0.05) is 0 Å². The summed E-state index contributed by atoms with van der Waals surface area (Å²) in [6.07, 6.45) is 7.34. The number of carbonyl (C=O) groups is 1. The van der Waals surface area contributed by atoms with Crippen molar-refractivity contribution in [3.05, 3.63) is 0 Å². The van der Waals surface area contributed by atoms with Crippen LogP contribution in [0.4, 0.5) is 0 Å². The molecule has 236 valence electrons. The third-order valence-electron chi connectivity index (χ3n) is 9.76. The molecule has 42 heavy (non-hydrogen) atoms. The SMILES string of the molecule is CCOC1CC2NCC(C#N)C(NC3CCC(OCC4NCCCC4C#N)C(Cl)C3)C2CC1NC(=O)CCCN(C)C. The number of halogens is 1. The lowest BCUT2D eigenvalue weighted by Crippen LogP contribution is -2.66. The van der Waals surface area contributed by atoms with Gasteiger partial charge in [0.1, 0.15) is 0 Å². The first-order valence-corrected chi connectivity index (χ1v) is 16.6. The Morgan fingerprint density at radius 3 is 2.57 bits per heavy atom. The molecule has 11 heteroatoms. The number of nitrogens with zero attached hydrogens (tertiary/aromatic N) is 3. The van der Waals surface area contributed by atoms with Gasteiger partial charge in [-0.25, -0.2) is 0 Å². The average molecular weight is 606 g/mol. The third kappa shape index (κ3) is 9.01. The van der Waals surface area contributed by atoms with Crippen LogP contribution in [-0.2, 0) is 14.3 Å². The number of hydrogen-bond acceptors (Lipinski definition) is 9. The van der Waals surface area contributed by atoms with Crippen LogP contribution in [-0.4, -0.2) is 106 Å². The van der Waals surface area contributed by atoms with Crippen molar-refractivity contribution in [2.75, 3.05) is 46.9 Å². The Bertz CT molecular complexity index is 942. The normalized spacial score (nSPS) is 38.7. The standard InChI is InChI=1S/C31H52ClN7O3/c1-4-41-29-15-25-23(14-26(29)38-30(40)8-6-12-39(2)3)31(21(17-34)18-36-25)37-22-9-10-28(24(32)13-22)42-19-27-20(16-33)7-5-11-35-27/h20-29,31,35-37H,4-15,18-19H2,1-3H3,(H,38,40). The van der Waals surface area contributed by atoms with Crippen LogP contribution in [0, 0.1) is 40.4 Å². The maximum atomic E-state index is 12.9. The smallest absolute Gasteiger partial charge is 0.220 e. The largest absolute Gasteiger partial charge is 0.376 e. The molecule has 2 saturated carbocycles. The molecule has 2 aliphatic heterocycles. The lowest BCUT2D eigenvalue weighted by Gasteiger charge is -2.50. The molecule has 2 saturated heterocycles. The lowest BCUT2D eigenvalue weighted by atomic mass is 9.69. The maximum absolute atomic E-state index is 12.9. The van der Waals surface area contributed by atoms with Crippen molar-refractivity contribution < 1.29 is 14.3 Å². The van der Waals surface area contributed by atoms with E-state index in [4.69, 9.17) is 21.1 Å². The first-order chi connectivity index (χ1) is 20.3. The second kappa shape index (κ2) is 16.5. The minimum absolute atomic E-state index is 0.00854. The van der Waals surface area contributed by atoms with Gasteiger partial charge in [0.25, 0.3) is 0 Å². The predicted octanol–water partition coefficient (Wildman–Crippen LogP) is 2.13. The highest BCUT2D eigenvalue weighted by molar-refractivity contribution is 6.21. The van der Waals surface area contributed by atoms with Gasteiger partial charge in [0.15, 0.2) is 0 Å². The molecule has 2 heterocycles. The van der Waals surface area contributed by atoms with Crippen LogP contribution < -0.4 is 21.3 Å². The molecule has 2 aliphatic carbocycles. The Balaban J connectivity index is 1.34. The molecule has 11 unspecified atom stereocenters. The fourth-order valence-corrected chi connectivity index (χ4v) is 7.91. The van der Waals surface area contributed by atoms with Crippen LogP contribution in [0.2, 0.25) is 0 Å². The van der Waals surface area contributed by atoms with Crippen molar-refractivity contribution in [1.29, 1.82) is 10.5 Å². The number of ether oxygens (including phenoxy) is 2. The summed E-state index contributed by atoms with van der Waals surface area (Å²) in [6, 6.07) is 5.43. The number of fused-ring (bicyclic) bond motifs is 1. The zero-order valence-corrected chi connectivity index (χ0v) is 26.5. The van der Waals surface area contributed by atoms with Crippen LogP contribution in [0.5, 0.6) is 0 Å². The van der Waals surface area contributed by atoms with E-state index in [1.54, 1.807) is 0 Å². The summed E-state index contributed by atoms with van der Waals surface area (Å²) < 4.78 is 12.4. The number of amides is 1. The quantitative estimate of drug-likeness (QED) is 0.247. The van der Waals surface area contributed by atoms with Gasteiger partial charge in [-0.2, -0.15) is 10.5 Å². The van der Waals surface area contributed by atoms with Crippen LogP contribution in [0.15, 0.2) is 0 Å². The van der Waals surface area contributed by atoms with Gasteiger partial charge in [0.2, 0.25) is 5.91 Å². The van der Waals surface area contributed by atoms with Crippen molar-refractivity contribution in [2.24, 2.45) is 17.8 Å². The van der Waals surface area contributed by atoms with Gasteiger partial charge >= 0.3 is 0 Å². The Kier molecular flexibility index (Phi) is 13.1. The van der Waals surface area contributed by atoms with Gasteiger partial charge in [0.05, 0.1) is 54.2 Å². The van der Waals surface area contributed by atoms with E-state index in [1.165, 1.54) is 0 Å². The molecule has 4 N–H and O–H groups in total. The number of alkyl halides is 1. The van der Waals surface area contributed by atoms with Gasteiger partial charge < -0.3 is 35.6 Å². The van der Waals surface area contributed by atoms with Crippen molar-refractivity contribution in [3.8, 4) is 12.1 Å². The Morgan fingerprint density at radius 2 is 1.86 bits per heavy atom. The molecule has 0 bridgehead atoms. The maximum Gasteiger partial charge on any atom is 0.220 e. The summed E-state index contributed by atoms with van der Waals surface area (Å²) in [6.45, 7) is 5.58. The summed E-state index contributed by atoms with van der Waals surface area (Å²) in [5, 5.41) is 33.7. The molecule has 4 aliphatic rings. The van der Waals surface area contributed by atoms with Crippen LogP contribution in [0.3, 0.4) is 0 Å². The summed E-state index contributed by atoms with van der Waals surface area (Å²) >= 11 is 6.89. The van der Waals surface area contributed by atoms with Crippen LogP contribution in [0.1, 0.15) is 64.7 Å². The van der Waals surface area contributed by atoms with E-state index >= 15 is 0 Å². The number of rotatable bonds is 12. The summed E-state index contributed by atoms with van der Waals surface area (Å²) in [5.41, 5.74) is 0. The topological polar surface area (TPSA) is 134 Å². The molecular formula is C31H52ClN7O3. The van der Waals surface area contributed by atoms with E-state index in [9.17, 15) is 15.3 Å². The minimum Gasteiger partial charge on any atom is -0.376 e. The van der Waals surface area contributed by atoms with E-state index in [-0.39, 0.29) is 71.5 Å². The summed E-state index contributed by atoms with van der Waals surface area (Å²) in [4.78, 5) is 15.0. The van der Waals surface area contributed by atoms with Crippen LogP contribution >= 0.6 is 11.6 Å². The second-order valence-electron chi connectivity index (χ2n) is 13.0. The van der Waals surface area contributed by atoms with E-state index < -0.39 is 0 Å². The highest BCUT2D eigenvalue weighted by Gasteiger charge is 2.47. The molecule has 0 aromatic carbocycles. The summed E-state index contributed by atoms with van der Waals surface area (Å²) in [7, 11) is 4.04. The third-order valence-corrected chi connectivity index (χ3v) is 10.2. The number of carbonyl (C=O) groups excluding carboxylic acids is 1. The predicted molar refractivity (Wildman–Crippen MR) is 163 cm³/mol. The first-order valence-electron chi connectivity index (χ1n) is 16.2. The Hall–Kier alpha value is -1.50. The highest BCUT2D eigenvalue weighted by atomic mass is 35.5. The molecule has 11 atom stereocenters. The number of nitrogens with one attached hydrogen (secondary N) is 4. The van der Waals surface area contributed by atoms with E-state index in [1.807, 2.05) is 21.0 Å². The second-order valence-corrected chi connectivity index (χ2v) is 13.5. The lowest BCUT2D eigenvalue weighted by molar-refractivity contribution is -0.124. The molecule has 0 aromatic rings. The van der Waals surface area contributed by atoms with Crippen molar-refractivity contribution in [2.45, 2.75) is 113 Å². The number of nitriles is 2. The molecule has 0 spiro atoms. The van der Waals surface area contributed by atoms with E-state index in [0.29, 0.717) is 26.2 Å². The first kappa shape index (κ1) is 33.4. The molecular weight excluding hydrogens is 554 g/mol. The molecule has 10 nitrogen and oxygen atoms in total. The molecule has 4 fully saturated rings. The van der Waals surface area contributed by atoms with Gasteiger partial charge in [0, 0.05) is 43.7 Å². The zero-order chi connectivity index (χ0) is 30.1. The fourth-order valence-electron chi connectivity index (χ4n) is 7.49. The molecule has 0 radical (unpaired) electrons. The highest BCUT2D eigenvalue weighted by Crippen LogP contribution is 2.36. The van der Waals surface area contributed by atoms with Gasteiger partial charge in [-0.3, -0.25) is 4.79 Å². The minimum atomic E-state index is -0.158. The van der Waals surface area contributed by atoms with E-state index in [0.717, 1.165) is 64.5 Å². The summed E-state index contributed by atoms with van der Waals surface area (Å²) in [5.74, 6) is 0.110. The fraction of sp³-hybridized carbons (Fsp3) is 0.903. The molecule has 4 rings (SSSR count). The van der Waals surface area contributed by atoms with Crippen molar-refractivity contribution in [3.63, 3.8) is 0 Å². The van der Waals surface area contributed by atoms with Gasteiger partial charge in [-0.15, -0.1) is 11.6 Å². The number of hydrogen-bond donors (Lipinski definition) is 4.